The van der Waals surface area contributed by atoms with Crippen LogP contribution in [0.2, 0.25) is 0 Å². The minimum absolute atomic E-state index is 0.0513. The minimum atomic E-state index is -4.55. The number of nitrogens with one attached hydrogen (secondary N) is 1. The summed E-state index contributed by atoms with van der Waals surface area (Å²) in [6.07, 6.45) is -1.51. The van der Waals surface area contributed by atoms with Crippen LogP contribution >= 0.6 is 12.2 Å². The average molecular weight is 355 g/mol. The van der Waals surface area contributed by atoms with Crippen molar-refractivity contribution in [3.05, 3.63) is 29.8 Å². The number of alkyl halides is 3. The first-order valence-corrected chi connectivity index (χ1v) is 7.57. The third-order valence-electron chi connectivity index (χ3n) is 3.63. The van der Waals surface area contributed by atoms with Crippen LogP contribution in [0.4, 0.5) is 18.9 Å². The van der Waals surface area contributed by atoms with E-state index in [9.17, 15) is 22.8 Å². The van der Waals surface area contributed by atoms with Crippen LogP contribution in [0.5, 0.6) is 0 Å². The molecule has 0 bridgehead atoms. The maximum absolute atomic E-state index is 12.9. The second-order valence-corrected chi connectivity index (χ2v) is 5.91. The number of nitrogens with zero attached hydrogens (tertiary/aromatic N) is 2. The minimum Gasteiger partial charge on any atom is -0.301 e. The Bertz CT molecular complexity index is 744. The van der Waals surface area contributed by atoms with Gasteiger partial charge in [-0.3, -0.25) is 19.5 Å². The average Bonchev–Trinajstić information content (AvgIpc) is 3.30. The van der Waals surface area contributed by atoms with Crippen molar-refractivity contribution in [2.45, 2.75) is 25.1 Å². The number of amides is 2. The lowest BCUT2D eigenvalue weighted by atomic mass is 10.1. The van der Waals surface area contributed by atoms with Gasteiger partial charge >= 0.3 is 6.18 Å². The summed E-state index contributed by atoms with van der Waals surface area (Å²) >= 11 is 4.95. The molecular weight excluding hydrogens is 343 g/mol. The predicted octanol–water partition coefficient (Wildman–Crippen LogP) is 2.30. The van der Waals surface area contributed by atoms with Gasteiger partial charge in [0.15, 0.2) is 11.0 Å². The number of hydrogen-bond donors (Lipinski definition) is 1. The van der Waals surface area contributed by atoms with Gasteiger partial charge in [-0.2, -0.15) is 13.2 Å². The Morgan fingerprint density at radius 1 is 1.29 bits per heavy atom. The standard InChI is InChI=1S/C15H12F3N3O2S/c16-15(17,18)8-2-1-3-10(6-8)21-13(23)11(7-19-9-4-5-9)12(22)20-14(21)24/h1-3,6-7,9,11H,4-5H2,(H,20,22,24)/t11-/m1/s1. The van der Waals surface area contributed by atoms with Gasteiger partial charge in [-0.1, -0.05) is 6.07 Å². The topological polar surface area (TPSA) is 61.8 Å². The lowest BCUT2D eigenvalue weighted by Gasteiger charge is -2.31. The van der Waals surface area contributed by atoms with E-state index in [0.29, 0.717) is 0 Å². The number of aliphatic imine (C=N–C) groups is 1. The molecule has 5 nitrogen and oxygen atoms in total. The van der Waals surface area contributed by atoms with Crippen molar-refractivity contribution in [2.24, 2.45) is 10.9 Å². The molecule has 1 aromatic rings. The van der Waals surface area contributed by atoms with Crippen molar-refractivity contribution in [1.82, 2.24) is 5.32 Å². The SMILES string of the molecule is O=C1NC(=S)N(c2cccc(C(F)(F)F)c2)C(=O)[C@@H]1C=NC1CC1. The third-order valence-corrected chi connectivity index (χ3v) is 3.91. The number of halogens is 3. The molecular formula is C15H12F3N3O2S. The molecule has 1 aliphatic heterocycles. The van der Waals surface area contributed by atoms with Gasteiger partial charge in [0.1, 0.15) is 0 Å². The van der Waals surface area contributed by atoms with Gasteiger partial charge < -0.3 is 5.32 Å². The maximum atomic E-state index is 12.9. The van der Waals surface area contributed by atoms with Gasteiger partial charge in [0, 0.05) is 12.3 Å². The number of thiocarbonyl (C=S) groups is 1. The fourth-order valence-corrected chi connectivity index (χ4v) is 2.52. The second kappa shape index (κ2) is 5.97. The van der Waals surface area contributed by atoms with Crippen molar-refractivity contribution >= 4 is 41.0 Å². The number of rotatable bonds is 3. The van der Waals surface area contributed by atoms with Crippen LogP contribution in [0.3, 0.4) is 0 Å². The van der Waals surface area contributed by atoms with Crippen molar-refractivity contribution < 1.29 is 22.8 Å². The molecule has 24 heavy (non-hydrogen) atoms. The molecule has 126 valence electrons. The quantitative estimate of drug-likeness (QED) is 0.514. The number of carbonyl (C=O) groups excluding carboxylic acids is 2. The molecule has 9 heteroatoms. The summed E-state index contributed by atoms with van der Waals surface area (Å²) in [5, 5.41) is 2.09. The maximum Gasteiger partial charge on any atom is 0.416 e. The Labute approximate surface area is 140 Å². The van der Waals surface area contributed by atoms with Gasteiger partial charge in [0.25, 0.3) is 5.91 Å². The third kappa shape index (κ3) is 3.30. The van der Waals surface area contributed by atoms with E-state index in [1.54, 1.807) is 0 Å². The Kier molecular flexibility index (Phi) is 4.12. The fourth-order valence-electron chi connectivity index (χ4n) is 2.22. The monoisotopic (exact) mass is 355 g/mol. The molecule has 2 fully saturated rings. The number of anilines is 1. The Hall–Kier alpha value is -2.29. The molecule has 1 saturated carbocycles. The highest BCUT2D eigenvalue weighted by atomic mass is 32.1. The zero-order chi connectivity index (χ0) is 17.5. The highest BCUT2D eigenvalue weighted by molar-refractivity contribution is 7.80. The molecule has 1 N–H and O–H groups in total. The van der Waals surface area contributed by atoms with Crippen LogP contribution in [0, 0.1) is 5.92 Å². The van der Waals surface area contributed by atoms with Gasteiger partial charge in [0.2, 0.25) is 5.91 Å². The molecule has 1 aliphatic carbocycles. The Balaban J connectivity index is 1.92. The van der Waals surface area contributed by atoms with Gasteiger partial charge in [0.05, 0.1) is 11.3 Å². The molecule has 2 aliphatic rings. The lowest BCUT2D eigenvalue weighted by molar-refractivity contribution is -0.137. The first kappa shape index (κ1) is 16.6. The summed E-state index contributed by atoms with van der Waals surface area (Å²) in [5.74, 6) is -2.54. The summed E-state index contributed by atoms with van der Waals surface area (Å²) in [6.45, 7) is 0. The number of carbonyl (C=O) groups is 2. The molecule has 3 rings (SSSR count). The van der Waals surface area contributed by atoms with Gasteiger partial charge in [-0.15, -0.1) is 0 Å². The van der Waals surface area contributed by atoms with Crippen molar-refractivity contribution in [3.63, 3.8) is 0 Å². The Morgan fingerprint density at radius 3 is 2.62 bits per heavy atom. The van der Waals surface area contributed by atoms with Crippen LogP contribution in [0.1, 0.15) is 18.4 Å². The molecule has 1 saturated heterocycles. The van der Waals surface area contributed by atoms with Crippen LogP contribution in [0.25, 0.3) is 0 Å². The molecule has 0 radical (unpaired) electrons. The molecule has 0 aromatic heterocycles. The molecule has 2 amide bonds. The van der Waals surface area contributed by atoms with Crippen LogP contribution in [-0.2, 0) is 15.8 Å². The summed E-state index contributed by atoms with van der Waals surface area (Å²) in [5.41, 5.74) is -0.958. The molecule has 0 unspecified atom stereocenters. The van der Waals surface area contributed by atoms with Crippen molar-refractivity contribution in [3.8, 4) is 0 Å². The number of hydrogen-bond acceptors (Lipinski definition) is 4. The first-order valence-electron chi connectivity index (χ1n) is 7.17. The molecule has 1 atom stereocenters. The second-order valence-electron chi connectivity index (χ2n) is 5.52. The van der Waals surface area contributed by atoms with Gasteiger partial charge in [-0.05, 0) is 43.3 Å². The van der Waals surface area contributed by atoms with E-state index in [0.717, 1.165) is 29.9 Å². The van der Waals surface area contributed by atoms with Gasteiger partial charge in [-0.25, -0.2) is 0 Å². The largest absolute Gasteiger partial charge is 0.416 e. The zero-order valence-corrected chi connectivity index (χ0v) is 13.0. The van der Waals surface area contributed by atoms with Crippen LogP contribution < -0.4 is 10.2 Å². The Morgan fingerprint density at radius 2 is 2.00 bits per heavy atom. The summed E-state index contributed by atoms with van der Waals surface area (Å²) in [7, 11) is 0. The summed E-state index contributed by atoms with van der Waals surface area (Å²) in [6, 6.07) is 4.33. The molecule has 0 spiro atoms. The normalized spacial score (nSPS) is 22.2. The van der Waals surface area contributed by atoms with Crippen molar-refractivity contribution in [1.29, 1.82) is 0 Å². The summed E-state index contributed by atoms with van der Waals surface area (Å²) < 4.78 is 38.6. The van der Waals surface area contributed by atoms with E-state index >= 15 is 0 Å². The summed E-state index contributed by atoms with van der Waals surface area (Å²) in [4.78, 5) is 29.5. The van der Waals surface area contributed by atoms with E-state index < -0.39 is 29.5 Å². The smallest absolute Gasteiger partial charge is 0.301 e. The van der Waals surface area contributed by atoms with E-state index in [-0.39, 0.29) is 16.8 Å². The fraction of sp³-hybridized carbons (Fsp3) is 0.333. The highest BCUT2D eigenvalue weighted by Gasteiger charge is 2.39. The molecule has 1 aromatic carbocycles. The zero-order valence-electron chi connectivity index (χ0n) is 12.2. The lowest BCUT2D eigenvalue weighted by Crippen LogP contribution is -2.58. The molecule has 1 heterocycles. The first-order chi connectivity index (χ1) is 11.3. The van der Waals surface area contributed by atoms with Crippen molar-refractivity contribution in [2.75, 3.05) is 4.90 Å². The number of benzene rings is 1. The van der Waals surface area contributed by atoms with E-state index in [1.807, 2.05) is 0 Å². The van der Waals surface area contributed by atoms with E-state index in [2.05, 4.69) is 10.3 Å². The predicted molar refractivity (Wildman–Crippen MR) is 84.7 cm³/mol. The van der Waals surface area contributed by atoms with E-state index in [4.69, 9.17) is 12.2 Å². The van der Waals surface area contributed by atoms with E-state index in [1.165, 1.54) is 18.3 Å². The van der Waals surface area contributed by atoms with Crippen LogP contribution in [0.15, 0.2) is 29.3 Å². The highest BCUT2D eigenvalue weighted by Crippen LogP contribution is 2.32. The van der Waals surface area contributed by atoms with Crippen LogP contribution in [-0.4, -0.2) is 29.2 Å².